The molecule has 3 nitrogen and oxygen atoms in total. The Kier molecular flexibility index (Phi) is 2.21. The normalized spacial score (nSPS) is 33.5. The second-order valence-electron chi connectivity index (χ2n) is 4.18. The van der Waals surface area contributed by atoms with E-state index in [4.69, 9.17) is 9.15 Å². The predicted molar refractivity (Wildman–Crippen MR) is 56.7 cm³/mol. The third kappa shape index (κ3) is 1.47. The van der Waals surface area contributed by atoms with Gasteiger partial charge in [0.25, 0.3) is 0 Å². The van der Waals surface area contributed by atoms with Crippen LogP contribution in [0.1, 0.15) is 29.8 Å². The van der Waals surface area contributed by atoms with Crippen LogP contribution in [-0.4, -0.2) is 18.0 Å². The monoisotopic (exact) mass is 270 g/mol. The van der Waals surface area contributed by atoms with Crippen molar-refractivity contribution in [2.24, 2.45) is 5.92 Å². The molecule has 0 spiro atoms. The molecule has 1 aromatic heterocycles. The molecule has 0 N–H and O–H groups in total. The molecule has 3 heterocycles. The minimum absolute atomic E-state index is 0.00574. The van der Waals surface area contributed by atoms with E-state index in [1.807, 2.05) is 0 Å². The number of furan rings is 1. The Morgan fingerprint density at radius 1 is 1.47 bits per heavy atom. The molecule has 0 radical (unpaired) electrons. The molecule has 4 heteroatoms. The average Bonchev–Trinajstić information content (AvgIpc) is 2.91. The number of ether oxygens (including phenoxy) is 1. The third-order valence-electron chi connectivity index (χ3n) is 3.28. The van der Waals surface area contributed by atoms with Gasteiger partial charge in [0, 0.05) is 0 Å². The quantitative estimate of drug-likeness (QED) is 0.776. The van der Waals surface area contributed by atoms with Crippen LogP contribution in [-0.2, 0) is 4.74 Å². The summed E-state index contributed by atoms with van der Waals surface area (Å²) < 4.78 is 11.6. The van der Waals surface area contributed by atoms with Gasteiger partial charge in [-0.2, -0.15) is 0 Å². The zero-order chi connectivity index (χ0) is 10.4. The van der Waals surface area contributed by atoms with Gasteiger partial charge in [0.2, 0.25) is 5.78 Å². The van der Waals surface area contributed by atoms with Crippen LogP contribution in [0, 0.1) is 5.92 Å². The zero-order valence-electron chi connectivity index (χ0n) is 8.11. The average molecular weight is 271 g/mol. The molecule has 0 saturated carbocycles. The first kappa shape index (κ1) is 9.60. The van der Waals surface area contributed by atoms with Crippen molar-refractivity contribution < 1.29 is 13.9 Å². The van der Waals surface area contributed by atoms with Crippen LogP contribution in [0.2, 0.25) is 0 Å². The number of hydrogen-bond donors (Lipinski definition) is 0. The Hall–Kier alpha value is -0.610. The third-order valence-corrected chi connectivity index (χ3v) is 3.91. The molecule has 1 aromatic rings. The highest BCUT2D eigenvalue weighted by atomic mass is 79.9. The number of halogens is 1. The Morgan fingerprint density at radius 3 is 2.87 bits per heavy atom. The van der Waals surface area contributed by atoms with Crippen molar-refractivity contribution in [2.75, 3.05) is 0 Å². The Morgan fingerprint density at radius 2 is 2.33 bits per heavy atom. The largest absolute Gasteiger partial charge is 0.460 e. The van der Waals surface area contributed by atoms with E-state index in [1.54, 1.807) is 6.07 Å². The maximum absolute atomic E-state index is 12.1. The number of hydrogen-bond acceptors (Lipinski definition) is 3. The molecular weight excluding hydrogens is 260 g/mol. The van der Waals surface area contributed by atoms with Crippen LogP contribution in [0.15, 0.2) is 21.2 Å². The minimum Gasteiger partial charge on any atom is -0.460 e. The van der Waals surface area contributed by atoms with Gasteiger partial charge in [-0.3, -0.25) is 4.79 Å². The summed E-state index contributed by atoms with van der Waals surface area (Å²) in [5, 5.41) is 0. The standard InChI is InChI=1S/C11H11BrO3/c12-8-3-4-14-11(8)10(13)7-5-6-1-2-9(7)15-6/h3-4,6-7,9H,1-2,5H2. The van der Waals surface area contributed by atoms with Crippen molar-refractivity contribution in [2.45, 2.75) is 31.5 Å². The summed E-state index contributed by atoms with van der Waals surface area (Å²) in [5.41, 5.74) is 0. The van der Waals surface area contributed by atoms with Gasteiger partial charge in [-0.05, 0) is 41.3 Å². The van der Waals surface area contributed by atoms with Crippen molar-refractivity contribution in [1.82, 2.24) is 0 Å². The molecule has 2 aliphatic heterocycles. The van der Waals surface area contributed by atoms with Gasteiger partial charge in [-0.1, -0.05) is 0 Å². The first-order valence-electron chi connectivity index (χ1n) is 5.18. The molecule has 2 saturated heterocycles. The number of carbonyl (C=O) groups excluding carboxylic acids is 1. The van der Waals surface area contributed by atoms with Gasteiger partial charge in [0.1, 0.15) is 0 Å². The van der Waals surface area contributed by atoms with Crippen molar-refractivity contribution in [3.8, 4) is 0 Å². The lowest BCUT2D eigenvalue weighted by atomic mass is 9.85. The molecule has 3 atom stereocenters. The molecule has 2 bridgehead atoms. The maximum Gasteiger partial charge on any atom is 0.204 e. The Bertz CT molecular complexity index is 398. The fourth-order valence-corrected chi connectivity index (χ4v) is 2.95. The van der Waals surface area contributed by atoms with Gasteiger partial charge < -0.3 is 9.15 Å². The van der Waals surface area contributed by atoms with E-state index in [1.165, 1.54) is 6.26 Å². The SMILES string of the molecule is O=C(c1occc1Br)C1CC2CCC1O2. The molecule has 80 valence electrons. The molecule has 0 aliphatic carbocycles. The van der Waals surface area contributed by atoms with Crippen molar-refractivity contribution in [1.29, 1.82) is 0 Å². The van der Waals surface area contributed by atoms with Gasteiger partial charge in [0.05, 0.1) is 28.9 Å². The van der Waals surface area contributed by atoms with Crippen molar-refractivity contribution in [3.05, 3.63) is 22.6 Å². The van der Waals surface area contributed by atoms with Crippen molar-refractivity contribution in [3.63, 3.8) is 0 Å². The second-order valence-corrected chi connectivity index (χ2v) is 5.03. The first-order valence-corrected chi connectivity index (χ1v) is 5.97. The smallest absolute Gasteiger partial charge is 0.204 e. The van der Waals surface area contributed by atoms with Crippen LogP contribution < -0.4 is 0 Å². The lowest BCUT2D eigenvalue weighted by Gasteiger charge is -2.15. The first-order chi connectivity index (χ1) is 7.25. The Labute approximate surface area is 95.9 Å². The minimum atomic E-state index is 0.00574. The summed E-state index contributed by atoms with van der Waals surface area (Å²) in [6.07, 6.45) is 4.94. The van der Waals surface area contributed by atoms with Crippen molar-refractivity contribution >= 4 is 21.7 Å². The molecule has 2 aliphatic rings. The molecular formula is C11H11BrO3. The summed E-state index contributed by atoms with van der Waals surface area (Å²) in [7, 11) is 0. The highest BCUT2D eigenvalue weighted by Crippen LogP contribution is 2.41. The van der Waals surface area contributed by atoms with Gasteiger partial charge in [-0.15, -0.1) is 0 Å². The van der Waals surface area contributed by atoms with E-state index in [-0.39, 0.29) is 17.8 Å². The number of fused-ring (bicyclic) bond motifs is 2. The highest BCUT2D eigenvalue weighted by Gasteiger charge is 2.45. The molecule has 3 unspecified atom stereocenters. The van der Waals surface area contributed by atoms with E-state index < -0.39 is 0 Å². The van der Waals surface area contributed by atoms with Crippen LogP contribution >= 0.6 is 15.9 Å². The van der Waals surface area contributed by atoms with E-state index in [2.05, 4.69) is 15.9 Å². The van der Waals surface area contributed by atoms with Gasteiger partial charge in [-0.25, -0.2) is 0 Å². The molecule has 2 fully saturated rings. The lowest BCUT2D eigenvalue weighted by molar-refractivity contribution is 0.0721. The molecule has 3 rings (SSSR count). The summed E-state index contributed by atoms with van der Waals surface area (Å²) in [6, 6.07) is 1.75. The van der Waals surface area contributed by atoms with E-state index in [0.29, 0.717) is 11.9 Å². The summed E-state index contributed by atoms with van der Waals surface area (Å²) in [4.78, 5) is 12.1. The Balaban J connectivity index is 1.84. The molecule has 0 aromatic carbocycles. The number of rotatable bonds is 2. The summed E-state index contributed by atoms with van der Waals surface area (Å²) >= 11 is 3.31. The van der Waals surface area contributed by atoms with Gasteiger partial charge in [0.15, 0.2) is 5.76 Å². The number of carbonyl (C=O) groups is 1. The summed E-state index contributed by atoms with van der Waals surface area (Å²) in [5.74, 6) is 0.529. The summed E-state index contributed by atoms with van der Waals surface area (Å²) in [6.45, 7) is 0. The number of Topliss-reactive ketones (excluding diaryl/α,β-unsaturated/α-hetero) is 1. The number of ketones is 1. The second kappa shape index (κ2) is 3.46. The fourth-order valence-electron chi connectivity index (χ4n) is 2.55. The van der Waals surface area contributed by atoms with Crippen LogP contribution in [0.4, 0.5) is 0 Å². The maximum atomic E-state index is 12.1. The van der Waals surface area contributed by atoms with Crippen LogP contribution in [0.25, 0.3) is 0 Å². The molecule has 0 amide bonds. The van der Waals surface area contributed by atoms with Gasteiger partial charge >= 0.3 is 0 Å². The topological polar surface area (TPSA) is 39.4 Å². The highest BCUT2D eigenvalue weighted by molar-refractivity contribution is 9.10. The molecule has 15 heavy (non-hydrogen) atoms. The fraction of sp³-hybridized carbons (Fsp3) is 0.545. The van der Waals surface area contributed by atoms with E-state index >= 15 is 0 Å². The van der Waals surface area contributed by atoms with E-state index in [9.17, 15) is 4.79 Å². The lowest BCUT2D eigenvalue weighted by Crippen LogP contribution is -2.25. The van der Waals surface area contributed by atoms with E-state index in [0.717, 1.165) is 23.7 Å². The predicted octanol–water partition coefficient (Wildman–Crippen LogP) is 2.79. The van der Waals surface area contributed by atoms with Crippen LogP contribution in [0.3, 0.4) is 0 Å². The zero-order valence-corrected chi connectivity index (χ0v) is 9.70. The van der Waals surface area contributed by atoms with Crippen LogP contribution in [0.5, 0.6) is 0 Å².